The summed E-state index contributed by atoms with van der Waals surface area (Å²) in [6, 6.07) is 10.7. The first-order valence-corrected chi connectivity index (χ1v) is 5.71. The summed E-state index contributed by atoms with van der Waals surface area (Å²) in [6.45, 7) is 2.82. The van der Waals surface area contributed by atoms with E-state index in [1.165, 1.54) is 0 Å². The number of rotatable bonds is 6. The highest BCUT2D eigenvalue weighted by Crippen LogP contribution is 2.20. The first-order valence-electron chi connectivity index (χ1n) is 5.71. The van der Waals surface area contributed by atoms with Gasteiger partial charge in [-0.25, -0.2) is 0 Å². The molecule has 0 amide bonds. The molecule has 0 aliphatic rings. The Labute approximate surface area is 105 Å². The van der Waals surface area contributed by atoms with Gasteiger partial charge in [0.15, 0.2) is 12.0 Å². The quantitative estimate of drug-likeness (QED) is 0.735. The van der Waals surface area contributed by atoms with Crippen LogP contribution in [0.4, 0.5) is 0 Å². The van der Waals surface area contributed by atoms with Crippen molar-refractivity contribution in [2.75, 3.05) is 6.61 Å². The van der Waals surface area contributed by atoms with E-state index in [-0.39, 0.29) is 6.61 Å². The largest absolute Gasteiger partial charge is 0.494 e. The van der Waals surface area contributed by atoms with Gasteiger partial charge in [-0.15, -0.1) is 0 Å². The van der Waals surface area contributed by atoms with Gasteiger partial charge in [0.05, 0.1) is 6.61 Å². The predicted octanol–water partition coefficient (Wildman–Crippen LogP) is 3.07. The number of carbonyl (C=O) groups excluding carboxylic acids is 1. The molecule has 2 rings (SSSR count). The van der Waals surface area contributed by atoms with Gasteiger partial charge in [0.1, 0.15) is 23.9 Å². The topological polar surface area (TPSA) is 48.7 Å². The maximum atomic E-state index is 10.5. The maximum Gasteiger partial charge on any atom is 0.185 e. The average Bonchev–Trinajstić information content (AvgIpc) is 2.85. The van der Waals surface area contributed by atoms with Crippen LogP contribution in [0.25, 0.3) is 0 Å². The van der Waals surface area contributed by atoms with Crippen LogP contribution in [0.2, 0.25) is 0 Å². The summed E-state index contributed by atoms with van der Waals surface area (Å²) in [7, 11) is 0. The SMILES string of the molecule is CCOc1cccc(OCc2ccc(C=O)o2)c1. The van der Waals surface area contributed by atoms with E-state index >= 15 is 0 Å². The van der Waals surface area contributed by atoms with Crippen molar-refractivity contribution in [1.82, 2.24) is 0 Å². The van der Waals surface area contributed by atoms with E-state index in [1.807, 2.05) is 31.2 Å². The highest BCUT2D eigenvalue weighted by atomic mass is 16.5. The second-order valence-corrected chi connectivity index (χ2v) is 3.62. The Kier molecular flexibility index (Phi) is 4.02. The van der Waals surface area contributed by atoms with E-state index in [9.17, 15) is 4.79 Å². The summed E-state index contributed by atoms with van der Waals surface area (Å²) in [5.74, 6) is 2.38. The van der Waals surface area contributed by atoms with Crippen LogP contribution in [0.1, 0.15) is 23.2 Å². The second kappa shape index (κ2) is 5.91. The van der Waals surface area contributed by atoms with Gasteiger partial charge in [0.25, 0.3) is 0 Å². The molecule has 0 atom stereocenters. The fraction of sp³-hybridized carbons (Fsp3) is 0.214. The molecule has 0 fully saturated rings. The molecule has 1 aromatic heterocycles. The lowest BCUT2D eigenvalue weighted by atomic mass is 10.3. The number of ether oxygens (including phenoxy) is 2. The molecular formula is C14H14O4. The van der Waals surface area contributed by atoms with Crippen molar-refractivity contribution in [2.45, 2.75) is 13.5 Å². The van der Waals surface area contributed by atoms with Crippen LogP contribution in [0.5, 0.6) is 11.5 Å². The number of carbonyl (C=O) groups is 1. The van der Waals surface area contributed by atoms with Crippen molar-refractivity contribution in [3.63, 3.8) is 0 Å². The lowest BCUT2D eigenvalue weighted by Crippen LogP contribution is -1.95. The molecule has 0 aliphatic heterocycles. The lowest BCUT2D eigenvalue weighted by molar-refractivity contribution is 0.109. The van der Waals surface area contributed by atoms with Crippen molar-refractivity contribution in [3.05, 3.63) is 47.9 Å². The molecule has 0 saturated carbocycles. The van der Waals surface area contributed by atoms with E-state index in [1.54, 1.807) is 12.1 Å². The molecule has 4 nitrogen and oxygen atoms in total. The van der Waals surface area contributed by atoms with Crippen LogP contribution in [0.15, 0.2) is 40.8 Å². The maximum absolute atomic E-state index is 10.5. The minimum absolute atomic E-state index is 0.281. The zero-order valence-corrected chi connectivity index (χ0v) is 10.1. The molecule has 94 valence electrons. The van der Waals surface area contributed by atoms with Gasteiger partial charge in [-0.05, 0) is 31.2 Å². The predicted molar refractivity (Wildman–Crippen MR) is 66.0 cm³/mol. The molecule has 4 heteroatoms. The third-order valence-corrected chi connectivity index (χ3v) is 2.30. The third-order valence-electron chi connectivity index (χ3n) is 2.30. The fourth-order valence-corrected chi connectivity index (χ4v) is 1.51. The Morgan fingerprint density at radius 2 is 1.94 bits per heavy atom. The molecule has 0 N–H and O–H groups in total. The van der Waals surface area contributed by atoms with E-state index in [4.69, 9.17) is 13.9 Å². The zero-order valence-electron chi connectivity index (χ0n) is 10.1. The molecule has 2 aromatic rings. The molecule has 1 aromatic carbocycles. The Balaban J connectivity index is 1.96. The average molecular weight is 246 g/mol. The number of hydrogen-bond acceptors (Lipinski definition) is 4. The van der Waals surface area contributed by atoms with Crippen molar-refractivity contribution in [1.29, 1.82) is 0 Å². The summed E-state index contributed by atoms with van der Waals surface area (Å²) >= 11 is 0. The summed E-state index contributed by atoms with van der Waals surface area (Å²) < 4.78 is 16.1. The molecule has 0 spiro atoms. The summed E-state index contributed by atoms with van der Waals surface area (Å²) in [6.07, 6.45) is 0.666. The molecule has 1 heterocycles. The van der Waals surface area contributed by atoms with Crippen LogP contribution in [0, 0.1) is 0 Å². The van der Waals surface area contributed by atoms with Crippen LogP contribution < -0.4 is 9.47 Å². The van der Waals surface area contributed by atoms with Gasteiger partial charge >= 0.3 is 0 Å². The van der Waals surface area contributed by atoms with Crippen LogP contribution in [-0.4, -0.2) is 12.9 Å². The normalized spacial score (nSPS) is 10.1. The summed E-state index contributed by atoms with van der Waals surface area (Å²) in [4.78, 5) is 10.5. The summed E-state index contributed by atoms with van der Waals surface area (Å²) in [5.41, 5.74) is 0. The number of furan rings is 1. The Morgan fingerprint density at radius 1 is 1.17 bits per heavy atom. The summed E-state index contributed by atoms with van der Waals surface area (Å²) in [5, 5.41) is 0. The number of hydrogen-bond donors (Lipinski definition) is 0. The molecule has 18 heavy (non-hydrogen) atoms. The molecule has 0 unspecified atom stereocenters. The lowest BCUT2D eigenvalue weighted by Gasteiger charge is -2.07. The smallest absolute Gasteiger partial charge is 0.185 e. The monoisotopic (exact) mass is 246 g/mol. The van der Waals surface area contributed by atoms with Gasteiger partial charge in [0, 0.05) is 6.07 Å². The van der Waals surface area contributed by atoms with Gasteiger partial charge in [-0.2, -0.15) is 0 Å². The third kappa shape index (κ3) is 3.13. The molecule has 0 bridgehead atoms. The van der Waals surface area contributed by atoms with Gasteiger partial charge in [-0.1, -0.05) is 6.07 Å². The van der Waals surface area contributed by atoms with E-state index < -0.39 is 0 Å². The Hall–Kier alpha value is -2.23. The number of aldehydes is 1. The van der Waals surface area contributed by atoms with E-state index in [0.717, 1.165) is 5.75 Å². The fourth-order valence-electron chi connectivity index (χ4n) is 1.51. The number of benzene rings is 1. The first kappa shape index (κ1) is 12.2. The minimum Gasteiger partial charge on any atom is -0.494 e. The Morgan fingerprint density at radius 3 is 2.61 bits per heavy atom. The van der Waals surface area contributed by atoms with E-state index in [2.05, 4.69) is 0 Å². The van der Waals surface area contributed by atoms with Crippen molar-refractivity contribution < 1.29 is 18.7 Å². The van der Waals surface area contributed by atoms with Crippen molar-refractivity contribution >= 4 is 6.29 Å². The van der Waals surface area contributed by atoms with Crippen LogP contribution in [-0.2, 0) is 6.61 Å². The zero-order chi connectivity index (χ0) is 12.8. The molecule has 0 aliphatic carbocycles. The van der Waals surface area contributed by atoms with Crippen molar-refractivity contribution in [3.8, 4) is 11.5 Å². The van der Waals surface area contributed by atoms with Gasteiger partial charge in [-0.3, -0.25) is 4.79 Å². The minimum atomic E-state index is 0.281. The Bertz CT molecular complexity index is 516. The van der Waals surface area contributed by atoms with Gasteiger partial charge in [0.2, 0.25) is 0 Å². The van der Waals surface area contributed by atoms with Crippen molar-refractivity contribution in [2.24, 2.45) is 0 Å². The van der Waals surface area contributed by atoms with E-state index in [0.29, 0.717) is 30.2 Å². The highest BCUT2D eigenvalue weighted by Gasteiger charge is 2.03. The van der Waals surface area contributed by atoms with Gasteiger partial charge < -0.3 is 13.9 Å². The first-order chi connectivity index (χ1) is 8.81. The van der Waals surface area contributed by atoms with Crippen LogP contribution in [0.3, 0.4) is 0 Å². The second-order valence-electron chi connectivity index (χ2n) is 3.62. The molecule has 0 saturated heterocycles. The molecule has 0 radical (unpaired) electrons. The molecular weight excluding hydrogens is 232 g/mol. The standard InChI is InChI=1S/C14H14O4/c1-2-16-11-4-3-5-12(8-11)17-10-14-7-6-13(9-15)18-14/h3-9H,2,10H2,1H3. The van der Waals surface area contributed by atoms with Crippen LogP contribution >= 0.6 is 0 Å². The highest BCUT2D eigenvalue weighted by molar-refractivity contribution is 5.70.